The third-order valence-corrected chi connectivity index (χ3v) is 6.23. The zero-order valence-corrected chi connectivity index (χ0v) is 19.8. The van der Waals surface area contributed by atoms with Crippen LogP contribution in [0.5, 0.6) is 0 Å². The Bertz CT molecular complexity index is 1460. The fourth-order valence-corrected chi connectivity index (χ4v) is 4.43. The molecule has 0 radical (unpaired) electrons. The van der Waals surface area contributed by atoms with Crippen molar-refractivity contribution in [2.75, 3.05) is 12.0 Å². The molecular formula is C28H26FN5O2. The fraction of sp³-hybridized carbons (Fsp3) is 0.179. The van der Waals surface area contributed by atoms with Crippen molar-refractivity contribution < 1.29 is 14.3 Å². The molecule has 0 fully saturated rings. The second kappa shape index (κ2) is 9.75. The standard InChI is InChI=1S/C28H26FN5O2/c1-2-33-17-15-25(32-33)31-26(35)20-13-14-23-24(19-20)34(18-16-29)27(30-23)28(36,21-9-5-3-6-10-21)22-11-7-4-8-12-22/h3-15,17,19,36H,2,16,18H2,1H3,(H,31,32,35). The van der Waals surface area contributed by atoms with Crippen LogP contribution in [-0.2, 0) is 18.7 Å². The SMILES string of the molecule is CCn1ccc(NC(=O)c2ccc3nc(C(O)(c4ccccc4)c4ccccc4)n(CCF)c3c2)n1. The number of nitrogens with zero attached hydrogens (tertiary/aromatic N) is 4. The lowest BCUT2D eigenvalue weighted by Gasteiger charge is -2.29. The Morgan fingerprint density at radius 1 is 1.00 bits per heavy atom. The molecule has 7 nitrogen and oxygen atoms in total. The van der Waals surface area contributed by atoms with Crippen molar-refractivity contribution in [2.24, 2.45) is 0 Å². The number of rotatable bonds is 8. The zero-order valence-electron chi connectivity index (χ0n) is 19.8. The van der Waals surface area contributed by atoms with Crippen molar-refractivity contribution in [3.05, 3.63) is 114 Å². The van der Waals surface area contributed by atoms with Crippen LogP contribution in [0.1, 0.15) is 34.2 Å². The highest BCUT2D eigenvalue weighted by Crippen LogP contribution is 2.37. The van der Waals surface area contributed by atoms with E-state index in [1.54, 1.807) is 39.7 Å². The number of anilines is 1. The molecule has 8 heteroatoms. The number of aryl methyl sites for hydroxylation is 2. The minimum absolute atomic E-state index is 0.0280. The zero-order chi connectivity index (χ0) is 25.1. The number of benzene rings is 3. The maximum absolute atomic E-state index is 13.8. The van der Waals surface area contributed by atoms with E-state index < -0.39 is 12.3 Å². The van der Waals surface area contributed by atoms with Crippen LogP contribution in [0.15, 0.2) is 91.1 Å². The summed E-state index contributed by atoms with van der Waals surface area (Å²) < 4.78 is 17.2. The van der Waals surface area contributed by atoms with Gasteiger partial charge in [0, 0.05) is 24.4 Å². The van der Waals surface area contributed by atoms with Gasteiger partial charge < -0.3 is 15.0 Å². The minimum atomic E-state index is -1.63. The third kappa shape index (κ3) is 4.16. The van der Waals surface area contributed by atoms with Crippen molar-refractivity contribution >= 4 is 22.8 Å². The van der Waals surface area contributed by atoms with E-state index in [1.807, 2.05) is 67.6 Å². The average molecular weight is 484 g/mol. The number of fused-ring (bicyclic) bond motifs is 1. The van der Waals surface area contributed by atoms with Crippen molar-refractivity contribution in [2.45, 2.75) is 25.6 Å². The Labute approximate surface area is 207 Å². The molecule has 2 heterocycles. The first-order valence-electron chi connectivity index (χ1n) is 11.8. The summed E-state index contributed by atoms with van der Waals surface area (Å²) >= 11 is 0. The fourth-order valence-electron chi connectivity index (χ4n) is 4.43. The van der Waals surface area contributed by atoms with Gasteiger partial charge in [-0.05, 0) is 36.2 Å². The topological polar surface area (TPSA) is 85.0 Å². The van der Waals surface area contributed by atoms with E-state index in [0.717, 1.165) is 0 Å². The third-order valence-electron chi connectivity index (χ3n) is 6.23. The molecule has 0 atom stereocenters. The monoisotopic (exact) mass is 483 g/mol. The summed E-state index contributed by atoms with van der Waals surface area (Å²) in [5.41, 5.74) is 1.07. The van der Waals surface area contributed by atoms with E-state index in [-0.39, 0.29) is 18.3 Å². The lowest BCUT2D eigenvalue weighted by Crippen LogP contribution is -2.33. The molecule has 3 aromatic carbocycles. The molecule has 5 aromatic rings. The number of imidazole rings is 1. The Morgan fingerprint density at radius 3 is 2.25 bits per heavy atom. The molecule has 0 spiro atoms. The lowest BCUT2D eigenvalue weighted by molar-refractivity contribution is 0.102. The van der Waals surface area contributed by atoms with Crippen molar-refractivity contribution in [1.82, 2.24) is 19.3 Å². The summed E-state index contributed by atoms with van der Waals surface area (Å²) in [6.45, 7) is 1.96. The molecule has 0 aliphatic heterocycles. The van der Waals surface area contributed by atoms with Crippen LogP contribution in [0, 0.1) is 0 Å². The molecule has 182 valence electrons. The summed E-state index contributed by atoms with van der Waals surface area (Å²) in [7, 11) is 0. The van der Waals surface area contributed by atoms with Crippen LogP contribution in [0.25, 0.3) is 11.0 Å². The number of hydrogen-bond acceptors (Lipinski definition) is 4. The van der Waals surface area contributed by atoms with E-state index >= 15 is 0 Å². The molecular weight excluding hydrogens is 457 g/mol. The van der Waals surface area contributed by atoms with Crippen LogP contribution in [0.3, 0.4) is 0 Å². The molecule has 0 bridgehead atoms. The van der Waals surface area contributed by atoms with Gasteiger partial charge in [0.2, 0.25) is 0 Å². The Kier molecular flexibility index (Phi) is 6.35. The molecule has 5 rings (SSSR count). The summed E-state index contributed by atoms with van der Waals surface area (Å²) in [6, 6.07) is 25.2. The minimum Gasteiger partial charge on any atom is -0.373 e. The van der Waals surface area contributed by atoms with E-state index in [1.165, 1.54) is 0 Å². The van der Waals surface area contributed by atoms with E-state index in [0.29, 0.717) is 40.1 Å². The van der Waals surface area contributed by atoms with Gasteiger partial charge in [0.05, 0.1) is 17.6 Å². The molecule has 0 aliphatic rings. The van der Waals surface area contributed by atoms with Crippen LogP contribution < -0.4 is 5.32 Å². The highest BCUT2D eigenvalue weighted by atomic mass is 19.1. The summed E-state index contributed by atoms with van der Waals surface area (Å²) in [5, 5.41) is 19.3. The second-order valence-electron chi connectivity index (χ2n) is 8.43. The number of aliphatic hydroxyl groups is 1. The van der Waals surface area contributed by atoms with Crippen molar-refractivity contribution in [3.8, 4) is 0 Å². The normalized spacial score (nSPS) is 11.6. The quantitative estimate of drug-likeness (QED) is 0.333. The van der Waals surface area contributed by atoms with Gasteiger partial charge in [0.25, 0.3) is 5.91 Å². The van der Waals surface area contributed by atoms with Crippen molar-refractivity contribution in [1.29, 1.82) is 0 Å². The number of carbonyl (C=O) groups excluding carboxylic acids is 1. The number of alkyl halides is 1. The predicted octanol–water partition coefficient (Wildman–Crippen LogP) is 4.76. The molecule has 36 heavy (non-hydrogen) atoms. The van der Waals surface area contributed by atoms with Gasteiger partial charge in [0.1, 0.15) is 6.67 Å². The van der Waals surface area contributed by atoms with E-state index in [9.17, 15) is 14.3 Å². The van der Waals surface area contributed by atoms with Gasteiger partial charge >= 0.3 is 0 Å². The Morgan fingerprint density at radius 2 is 1.67 bits per heavy atom. The molecule has 2 N–H and O–H groups in total. The van der Waals surface area contributed by atoms with Crippen molar-refractivity contribution in [3.63, 3.8) is 0 Å². The number of halogens is 1. The van der Waals surface area contributed by atoms with Gasteiger partial charge in [-0.2, -0.15) is 5.10 Å². The number of amides is 1. The van der Waals surface area contributed by atoms with Gasteiger partial charge in [-0.3, -0.25) is 9.48 Å². The average Bonchev–Trinajstić information content (AvgIpc) is 3.53. The maximum atomic E-state index is 13.8. The molecule has 0 saturated carbocycles. The molecule has 0 saturated heterocycles. The van der Waals surface area contributed by atoms with Crippen LogP contribution in [0.4, 0.5) is 10.2 Å². The highest BCUT2D eigenvalue weighted by Gasteiger charge is 2.39. The van der Waals surface area contributed by atoms with E-state index in [4.69, 9.17) is 4.98 Å². The first-order valence-corrected chi connectivity index (χ1v) is 11.8. The Hall–Kier alpha value is -4.30. The van der Waals surface area contributed by atoms with Gasteiger partial charge in [-0.15, -0.1) is 0 Å². The molecule has 0 unspecified atom stereocenters. The predicted molar refractivity (Wildman–Crippen MR) is 137 cm³/mol. The summed E-state index contributed by atoms with van der Waals surface area (Å²) in [4.78, 5) is 17.7. The largest absolute Gasteiger partial charge is 0.373 e. The number of carbonyl (C=O) groups is 1. The van der Waals surface area contributed by atoms with Crippen LogP contribution in [-0.4, -0.2) is 37.0 Å². The van der Waals surface area contributed by atoms with Gasteiger partial charge in [-0.25, -0.2) is 9.37 Å². The highest BCUT2D eigenvalue weighted by molar-refractivity contribution is 6.05. The summed E-state index contributed by atoms with van der Waals surface area (Å²) in [5.74, 6) is 0.392. The first-order chi connectivity index (χ1) is 17.5. The maximum Gasteiger partial charge on any atom is 0.256 e. The van der Waals surface area contributed by atoms with E-state index in [2.05, 4.69) is 10.4 Å². The Balaban J connectivity index is 1.63. The molecule has 0 aliphatic carbocycles. The van der Waals surface area contributed by atoms with Gasteiger partial charge in [-0.1, -0.05) is 60.7 Å². The second-order valence-corrected chi connectivity index (χ2v) is 8.43. The summed E-state index contributed by atoms with van der Waals surface area (Å²) in [6.07, 6.45) is 1.79. The lowest BCUT2D eigenvalue weighted by atomic mass is 9.85. The number of nitrogens with one attached hydrogen (secondary N) is 1. The number of aromatic nitrogens is 4. The molecule has 2 aromatic heterocycles. The molecule has 1 amide bonds. The van der Waals surface area contributed by atoms with Crippen LogP contribution in [0.2, 0.25) is 0 Å². The first kappa shape index (κ1) is 23.4. The van der Waals surface area contributed by atoms with Crippen LogP contribution >= 0.6 is 0 Å². The smallest absolute Gasteiger partial charge is 0.256 e. The number of hydrogen-bond donors (Lipinski definition) is 2. The van der Waals surface area contributed by atoms with Gasteiger partial charge in [0.15, 0.2) is 17.2 Å².